The highest BCUT2D eigenvalue weighted by atomic mass is 32.1. The molecule has 0 bridgehead atoms. The average molecular weight is 787 g/mol. The molecule has 2 aliphatic heterocycles. The van der Waals surface area contributed by atoms with Gasteiger partial charge in [0, 0.05) is 38.1 Å². The summed E-state index contributed by atoms with van der Waals surface area (Å²) in [6, 6.07) is 27.1. The lowest BCUT2D eigenvalue weighted by Gasteiger charge is -2.47. The molecule has 0 fully saturated rings. The molecule has 0 N–H and O–H groups in total. The number of hydrogen-bond acceptors (Lipinski definition) is 3. The fourth-order valence-corrected chi connectivity index (χ4v) is 12.7. The molecule has 1 aromatic heterocycles. The van der Waals surface area contributed by atoms with Gasteiger partial charge in [-0.1, -0.05) is 127 Å². The third kappa shape index (κ3) is 5.84. The van der Waals surface area contributed by atoms with Gasteiger partial charge in [0.15, 0.2) is 0 Å². The lowest BCUT2D eigenvalue weighted by molar-refractivity contribution is 0.332. The fraction of sp³-hybridized carbons (Fsp3) is 0.481. The van der Waals surface area contributed by atoms with Crippen molar-refractivity contribution in [2.75, 3.05) is 9.80 Å². The van der Waals surface area contributed by atoms with Crippen LogP contribution in [0, 0.1) is 13.8 Å². The summed E-state index contributed by atoms with van der Waals surface area (Å²) >= 11 is 2.14. The maximum absolute atomic E-state index is 2.79. The first kappa shape index (κ1) is 39.7. The summed E-state index contributed by atoms with van der Waals surface area (Å²) in [5, 5.41) is 0. The minimum atomic E-state index is 0.0215. The van der Waals surface area contributed by atoms with E-state index in [1.54, 1.807) is 10.4 Å². The third-order valence-electron chi connectivity index (χ3n) is 15.0. The van der Waals surface area contributed by atoms with Crippen LogP contribution < -0.4 is 25.5 Å². The van der Waals surface area contributed by atoms with Crippen molar-refractivity contribution < 1.29 is 0 Å². The molecule has 302 valence electrons. The number of aryl methyl sites for hydroxylation is 2. The van der Waals surface area contributed by atoms with Gasteiger partial charge in [0.1, 0.15) is 0 Å². The van der Waals surface area contributed by atoms with Gasteiger partial charge in [-0.2, -0.15) is 11.3 Å². The van der Waals surface area contributed by atoms with Crippen LogP contribution in [0.4, 0.5) is 34.1 Å². The summed E-state index contributed by atoms with van der Waals surface area (Å²) in [7, 11) is 0. The largest absolute Gasteiger partial charge is 0.311 e. The quantitative estimate of drug-likeness (QED) is 0.161. The summed E-state index contributed by atoms with van der Waals surface area (Å²) in [6.45, 7) is 38.9. The van der Waals surface area contributed by atoms with Gasteiger partial charge in [0.05, 0.1) is 5.69 Å². The van der Waals surface area contributed by atoms with Gasteiger partial charge in [-0.3, -0.25) is 0 Å². The molecule has 2 nitrogen and oxygen atoms in total. The highest BCUT2D eigenvalue weighted by Crippen LogP contribution is 2.58. The Hall–Kier alpha value is -3.76. The van der Waals surface area contributed by atoms with E-state index in [2.05, 4.69) is 199 Å². The molecule has 0 saturated heterocycles. The first-order valence-electron chi connectivity index (χ1n) is 22.1. The molecule has 0 unspecified atom stereocenters. The van der Waals surface area contributed by atoms with E-state index >= 15 is 0 Å². The fourth-order valence-electron chi connectivity index (χ4n) is 11.0. The number of nitrogens with zero attached hydrogens (tertiary/aromatic N) is 2. The second kappa shape index (κ2) is 12.4. The maximum atomic E-state index is 2.79. The first-order chi connectivity index (χ1) is 26.8. The highest BCUT2D eigenvalue weighted by molar-refractivity contribution is 7.29. The van der Waals surface area contributed by atoms with Gasteiger partial charge in [0.25, 0.3) is 6.71 Å². The molecular formula is C54H67BN2S. The number of fused-ring (bicyclic) bond motifs is 7. The number of anilines is 6. The van der Waals surface area contributed by atoms with Crippen LogP contribution in [0.15, 0.2) is 66.7 Å². The lowest BCUT2D eigenvalue weighted by atomic mass is 9.35. The van der Waals surface area contributed by atoms with E-state index in [1.165, 1.54) is 109 Å². The van der Waals surface area contributed by atoms with Gasteiger partial charge >= 0.3 is 0 Å². The SMILES string of the molecule is Cc1cc2c3c(c1)N(c1cc4c(cc1C)C(C)(C)CCC4(C)C)c1c(sc4c1C(C)(C)CCC4(C)C)B3c1cc(C(C)(C)C)ccc1N2c1ccc(C(C)(C)C)cc1. The summed E-state index contributed by atoms with van der Waals surface area (Å²) in [5.41, 5.74) is 21.5. The molecule has 4 heteroatoms. The summed E-state index contributed by atoms with van der Waals surface area (Å²) in [4.78, 5) is 6.99. The molecule has 5 aromatic rings. The molecule has 9 rings (SSSR count). The minimum Gasteiger partial charge on any atom is -0.311 e. The van der Waals surface area contributed by atoms with Crippen LogP contribution in [0.1, 0.15) is 166 Å². The Balaban J connectivity index is 1.42. The molecule has 0 amide bonds. The second-order valence-electron chi connectivity index (χ2n) is 23.4. The van der Waals surface area contributed by atoms with Crippen LogP contribution in [0.3, 0.4) is 0 Å². The standard InChI is InChI=1S/C54H67BN2S/c1-32-27-42-45-43(28-32)57(41-31-38-37(29-33(41)2)51(9,10)23-24-52(38,11)12)46-44-47(54(15,16)26-25-53(44,13)14)58-48(46)55(45)39-30-35(50(6,7)8)19-22-40(39)56(42)36-20-17-34(18-21-36)49(3,4)5/h17-22,27-31H,23-26H2,1-16H3. The van der Waals surface area contributed by atoms with Crippen LogP contribution in [0.2, 0.25) is 0 Å². The normalized spacial score (nSPS) is 19.6. The van der Waals surface area contributed by atoms with Gasteiger partial charge in [-0.25, -0.2) is 0 Å². The van der Waals surface area contributed by atoms with Crippen LogP contribution in [0.5, 0.6) is 0 Å². The van der Waals surface area contributed by atoms with Crippen LogP contribution in [-0.4, -0.2) is 6.71 Å². The predicted octanol–water partition coefficient (Wildman–Crippen LogP) is 13.7. The number of benzene rings is 4. The molecular weight excluding hydrogens is 719 g/mol. The zero-order valence-corrected chi connectivity index (χ0v) is 39.4. The first-order valence-corrected chi connectivity index (χ1v) is 23.0. The number of thiophene rings is 1. The van der Waals surface area contributed by atoms with E-state index in [1.807, 2.05) is 0 Å². The molecule has 58 heavy (non-hydrogen) atoms. The van der Waals surface area contributed by atoms with Gasteiger partial charge in [-0.15, -0.1) is 0 Å². The Labute approximate surface area is 355 Å². The minimum absolute atomic E-state index is 0.0215. The monoisotopic (exact) mass is 787 g/mol. The zero-order chi connectivity index (χ0) is 41.9. The molecule has 0 saturated carbocycles. The third-order valence-corrected chi connectivity index (χ3v) is 16.6. The van der Waals surface area contributed by atoms with Crippen LogP contribution in [0.25, 0.3) is 0 Å². The summed E-state index contributed by atoms with van der Waals surface area (Å²) < 4.78 is 1.53. The van der Waals surface area contributed by atoms with Crippen molar-refractivity contribution in [2.45, 2.75) is 169 Å². The molecule has 3 heterocycles. The number of hydrogen-bond donors (Lipinski definition) is 0. The van der Waals surface area contributed by atoms with Crippen molar-refractivity contribution in [2.24, 2.45) is 0 Å². The van der Waals surface area contributed by atoms with Crippen molar-refractivity contribution in [1.82, 2.24) is 0 Å². The second-order valence-corrected chi connectivity index (χ2v) is 24.4. The Morgan fingerprint density at radius 3 is 1.69 bits per heavy atom. The molecule has 0 atom stereocenters. The number of rotatable bonds is 2. The van der Waals surface area contributed by atoms with Crippen LogP contribution in [-0.2, 0) is 32.5 Å². The van der Waals surface area contributed by atoms with Gasteiger partial charge in [-0.05, 0) is 158 Å². The predicted molar refractivity (Wildman–Crippen MR) is 256 cm³/mol. The maximum Gasteiger partial charge on any atom is 0.264 e. The molecule has 2 aliphatic carbocycles. The summed E-state index contributed by atoms with van der Waals surface area (Å²) in [5.74, 6) is 0. The smallest absolute Gasteiger partial charge is 0.264 e. The zero-order valence-electron chi connectivity index (χ0n) is 38.6. The van der Waals surface area contributed by atoms with Gasteiger partial charge < -0.3 is 9.80 Å². The van der Waals surface area contributed by atoms with E-state index in [0.29, 0.717) is 0 Å². The van der Waals surface area contributed by atoms with Crippen molar-refractivity contribution in [1.29, 1.82) is 0 Å². The molecule has 4 aliphatic rings. The summed E-state index contributed by atoms with van der Waals surface area (Å²) in [6.07, 6.45) is 4.82. The van der Waals surface area contributed by atoms with Crippen molar-refractivity contribution in [3.05, 3.63) is 111 Å². The van der Waals surface area contributed by atoms with Crippen molar-refractivity contribution in [3.63, 3.8) is 0 Å². The Morgan fingerprint density at radius 1 is 0.552 bits per heavy atom. The van der Waals surface area contributed by atoms with Crippen molar-refractivity contribution >= 4 is 67.9 Å². The van der Waals surface area contributed by atoms with Crippen molar-refractivity contribution in [3.8, 4) is 0 Å². The molecule has 0 radical (unpaired) electrons. The van der Waals surface area contributed by atoms with E-state index < -0.39 is 0 Å². The lowest BCUT2D eigenvalue weighted by Crippen LogP contribution is -2.61. The average Bonchev–Trinajstić information content (AvgIpc) is 3.54. The Morgan fingerprint density at radius 2 is 1.09 bits per heavy atom. The Bertz CT molecular complexity index is 2510. The van der Waals surface area contributed by atoms with Gasteiger partial charge in [0.2, 0.25) is 0 Å². The Kier molecular flexibility index (Phi) is 8.49. The molecule has 4 aromatic carbocycles. The highest BCUT2D eigenvalue weighted by Gasteiger charge is 2.51. The topological polar surface area (TPSA) is 6.48 Å². The van der Waals surface area contributed by atoms with E-state index in [9.17, 15) is 0 Å². The van der Waals surface area contributed by atoms with E-state index in [-0.39, 0.29) is 39.2 Å². The van der Waals surface area contributed by atoms with E-state index in [4.69, 9.17) is 0 Å². The van der Waals surface area contributed by atoms with Crippen LogP contribution >= 0.6 is 11.3 Å². The molecule has 0 spiro atoms. The van der Waals surface area contributed by atoms with E-state index in [0.717, 1.165) is 0 Å².